The molecule has 2 rings (SSSR count). The van der Waals surface area contributed by atoms with Gasteiger partial charge in [0.25, 0.3) is 0 Å². The van der Waals surface area contributed by atoms with E-state index >= 15 is 0 Å². The monoisotopic (exact) mass is 262 g/mol. The third-order valence-electron chi connectivity index (χ3n) is 3.49. The third-order valence-corrected chi connectivity index (χ3v) is 3.49. The number of hydrogen-bond acceptors (Lipinski definition) is 3. The summed E-state index contributed by atoms with van der Waals surface area (Å²) in [7, 11) is 1.69. The van der Waals surface area contributed by atoms with Crippen LogP contribution in [0.25, 0.3) is 0 Å². The lowest BCUT2D eigenvalue weighted by Crippen LogP contribution is -2.34. The zero-order chi connectivity index (χ0) is 14.0. The van der Waals surface area contributed by atoms with Gasteiger partial charge in [-0.25, -0.2) is 0 Å². The molecule has 0 bridgehead atoms. The van der Waals surface area contributed by atoms with Gasteiger partial charge in [-0.3, -0.25) is 9.59 Å². The van der Waals surface area contributed by atoms with Crippen LogP contribution in [-0.4, -0.2) is 30.6 Å². The molecule has 1 heterocycles. The Morgan fingerprint density at radius 2 is 2.26 bits per heavy atom. The minimum atomic E-state index is -0.377. The highest BCUT2D eigenvalue weighted by atomic mass is 16.3. The van der Waals surface area contributed by atoms with Crippen molar-refractivity contribution in [2.24, 2.45) is 5.92 Å². The van der Waals surface area contributed by atoms with E-state index in [1.165, 1.54) is 4.90 Å². The molecule has 5 heteroatoms. The maximum absolute atomic E-state index is 12.2. The second kappa shape index (κ2) is 5.40. The van der Waals surface area contributed by atoms with Crippen LogP contribution in [0.1, 0.15) is 18.9 Å². The van der Waals surface area contributed by atoms with Gasteiger partial charge in [-0.1, -0.05) is 6.92 Å². The molecule has 0 spiro atoms. The van der Waals surface area contributed by atoms with Gasteiger partial charge in [0, 0.05) is 18.4 Å². The van der Waals surface area contributed by atoms with Gasteiger partial charge >= 0.3 is 0 Å². The molecule has 2 N–H and O–H groups in total. The van der Waals surface area contributed by atoms with Gasteiger partial charge in [0.1, 0.15) is 0 Å². The Morgan fingerprint density at radius 1 is 1.53 bits per heavy atom. The quantitative estimate of drug-likeness (QED) is 0.855. The summed E-state index contributed by atoms with van der Waals surface area (Å²) in [6.45, 7) is 1.72. The van der Waals surface area contributed by atoms with Crippen LogP contribution < -0.4 is 10.2 Å². The summed E-state index contributed by atoms with van der Waals surface area (Å²) in [4.78, 5) is 25.0. The maximum atomic E-state index is 12.2. The molecule has 0 fully saturated rings. The number of nitrogens with one attached hydrogen (secondary N) is 1. The van der Waals surface area contributed by atoms with Crippen molar-refractivity contribution >= 4 is 23.2 Å². The van der Waals surface area contributed by atoms with E-state index < -0.39 is 0 Å². The van der Waals surface area contributed by atoms with E-state index in [-0.39, 0.29) is 24.3 Å². The summed E-state index contributed by atoms with van der Waals surface area (Å²) < 4.78 is 0. The van der Waals surface area contributed by atoms with Crippen LogP contribution in [0.15, 0.2) is 18.2 Å². The molecule has 102 valence electrons. The fourth-order valence-electron chi connectivity index (χ4n) is 2.21. The van der Waals surface area contributed by atoms with E-state index in [2.05, 4.69) is 5.32 Å². The van der Waals surface area contributed by atoms with Crippen LogP contribution in [0, 0.1) is 5.92 Å². The Bertz CT molecular complexity index is 509. The Morgan fingerprint density at radius 3 is 2.89 bits per heavy atom. The van der Waals surface area contributed by atoms with Crippen molar-refractivity contribution in [1.29, 1.82) is 0 Å². The van der Waals surface area contributed by atoms with Crippen LogP contribution in [0.4, 0.5) is 11.4 Å². The van der Waals surface area contributed by atoms with Crippen molar-refractivity contribution in [3.8, 4) is 0 Å². The van der Waals surface area contributed by atoms with Gasteiger partial charge in [0.2, 0.25) is 11.8 Å². The second-order valence-electron chi connectivity index (χ2n) is 4.75. The van der Waals surface area contributed by atoms with E-state index in [9.17, 15) is 14.7 Å². The number of amides is 2. The summed E-state index contributed by atoms with van der Waals surface area (Å²) in [6.07, 6.45) is 0.951. The Kier molecular flexibility index (Phi) is 3.85. The maximum Gasteiger partial charge on any atom is 0.232 e. The fourth-order valence-corrected chi connectivity index (χ4v) is 2.21. The van der Waals surface area contributed by atoms with Crippen molar-refractivity contribution in [1.82, 2.24) is 0 Å². The van der Waals surface area contributed by atoms with E-state index in [1.54, 1.807) is 19.2 Å². The zero-order valence-electron chi connectivity index (χ0n) is 11.1. The minimum Gasteiger partial charge on any atom is -0.396 e. The lowest BCUT2D eigenvalue weighted by atomic mass is 10.1. The van der Waals surface area contributed by atoms with Crippen LogP contribution in [0.2, 0.25) is 0 Å². The summed E-state index contributed by atoms with van der Waals surface area (Å²) in [5.74, 6) is -0.511. The topological polar surface area (TPSA) is 69.6 Å². The highest BCUT2D eigenvalue weighted by molar-refractivity contribution is 6.01. The molecule has 1 atom stereocenters. The highest BCUT2D eigenvalue weighted by Gasteiger charge is 2.23. The second-order valence-corrected chi connectivity index (χ2v) is 4.75. The Balaban J connectivity index is 2.21. The third kappa shape index (κ3) is 2.61. The summed E-state index contributed by atoms with van der Waals surface area (Å²) in [5, 5.41) is 11.9. The van der Waals surface area contributed by atoms with Crippen LogP contribution >= 0.6 is 0 Å². The number of anilines is 2. The number of benzene rings is 1. The SMILES string of the molecule is CCC(CO)C(=O)N(C)c1ccc2c(c1)CC(=O)N2. The molecule has 1 aromatic rings. The van der Waals surface area contributed by atoms with Gasteiger partial charge < -0.3 is 15.3 Å². The fraction of sp³-hybridized carbons (Fsp3) is 0.429. The number of aliphatic hydroxyl groups excluding tert-OH is 1. The molecular weight excluding hydrogens is 244 g/mol. The largest absolute Gasteiger partial charge is 0.396 e. The van der Waals surface area contributed by atoms with Gasteiger partial charge in [0.15, 0.2) is 0 Å². The molecule has 0 aromatic heterocycles. The van der Waals surface area contributed by atoms with Gasteiger partial charge in [-0.2, -0.15) is 0 Å². The van der Waals surface area contributed by atoms with Crippen LogP contribution in [0.5, 0.6) is 0 Å². The van der Waals surface area contributed by atoms with Crippen molar-refractivity contribution in [2.75, 3.05) is 23.9 Å². The smallest absolute Gasteiger partial charge is 0.232 e. The van der Waals surface area contributed by atoms with E-state index in [4.69, 9.17) is 0 Å². The van der Waals surface area contributed by atoms with Gasteiger partial charge in [0.05, 0.1) is 18.9 Å². The standard InChI is InChI=1S/C14H18N2O3/c1-3-9(8-17)14(19)16(2)11-4-5-12-10(6-11)7-13(18)15-12/h4-6,9,17H,3,7-8H2,1-2H3,(H,15,18). The molecule has 1 aromatic carbocycles. The molecular formula is C14H18N2O3. The predicted molar refractivity (Wildman–Crippen MR) is 73.1 cm³/mol. The molecule has 0 saturated heterocycles. The average molecular weight is 262 g/mol. The molecule has 1 unspecified atom stereocenters. The average Bonchev–Trinajstić information content (AvgIpc) is 2.78. The molecule has 0 aliphatic carbocycles. The molecule has 0 saturated carbocycles. The zero-order valence-corrected chi connectivity index (χ0v) is 11.1. The molecule has 1 aliphatic rings. The lowest BCUT2D eigenvalue weighted by Gasteiger charge is -2.22. The normalized spacial score (nSPS) is 14.8. The van der Waals surface area contributed by atoms with Crippen molar-refractivity contribution < 1.29 is 14.7 Å². The highest BCUT2D eigenvalue weighted by Crippen LogP contribution is 2.28. The number of aliphatic hydroxyl groups is 1. The van der Waals surface area contributed by atoms with Crippen molar-refractivity contribution in [3.63, 3.8) is 0 Å². The number of carbonyl (C=O) groups excluding carboxylic acids is 2. The van der Waals surface area contributed by atoms with Crippen molar-refractivity contribution in [2.45, 2.75) is 19.8 Å². The Hall–Kier alpha value is -1.88. The number of fused-ring (bicyclic) bond motifs is 1. The number of nitrogens with zero attached hydrogens (tertiary/aromatic N) is 1. The van der Waals surface area contributed by atoms with Crippen LogP contribution in [-0.2, 0) is 16.0 Å². The number of rotatable bonds is 4. The molecule has 1 aliphatic heterocycles. The lowest BCUT2D eigenvalue weighted by molar-refractivity contribution is -0.123. The first-order chi connectivity index (χ1) is 9.06. The predicted octanol–water partition coefficient (Wildman–Crippen LogP) is 1.16. The summed E-state index contributed by atoms with van der Waals surface area (Å²) in [6, 6.07) is 5.45. The minimum absolute atomic E-state index is 0.0251. The van der Waals surface area contributed by atoms with Crippen molar-refractivity contribution in [3.05, 3.63) is 23.8 Å². The molecule has 19 heavy (non-hydrogen) atoms. The van der Waals surface area contributed by atoms with Gasteiger partial charge in [-0.15, -0.1) is 0 Å². The van der Waals surface area contributed by atoms with E-state index in [0.29, 0.717) is 12.8 Å². The van der Waals surface area contributed by atoms with Crippen LogP contribution in [0.3, 0.4) is 0 Å². The molecule has 0 radical (unpaired) electrons. The first-order valence-electron chi connectivity index (χ1n) is 6.38. The van der Waals surface area contributed by atoms with E-state index in [1.807, 2.05) is 13.0 Å². The summed E-state index contributed by atoms with van der Waals surface area (Å²) >= 11 is 0. The molecule has 5 nitrogen and oxygen atoms in total. The Labute approximate surface area is 112 Å². The van der Waals surface area contributed by atoms with Gasteiger partial charge in [-0.05, 0) is 30.2 Å². The molecule has 2 amide bonds. The first kappa shape index (κ1) is 13.5. The number of hydrogen-bond donors (Lipinski definition) is 2. The van der Waals surface area contributed by atoms with E-state index in [0.717, 1.165) is 16.9 Å². The number of carbonyl (C=O) groups is 2. The summed E-state index contributed by atoms with van der Waals surface area (Å²) in [5.41, 5.74) is 2.45. The first-order valence-corrected chi connectivity index (χ1v) is 6.38.